The molecule has 0 aliphatic carbocycles. The lowest BCUT2D eigenvalue weighted by Crippen LogP contribution is -2.29. The minimum absolute atomic E-state index is 0.0798. The average Bonchev–Trinajstić information content (AvgIpc) is 2.97. The van der Waals surface area contributed by atoms with Gasteiger partial charge in [-0.05, 0) is 24.1 Å². The van der Waals surface area contributed by atoms with Crippen LogP contribution in [0.4, 0.5) is 0 Å². The van der Waals surface area contributed by atoms with Gasteiger partial charge in [-0.2, -0.15) is 0 Å². The lowest BCUT2D eigenvalue weighted by atomic mass is 10.2. The summed E-state index contributed by atoms with van der Waals surface area (Å²) in [7, 11) is -3.67. The highest BCUT2D eigenvalue weighted by Crippen LogP contribution is 2.09. The maximum atomic E-state index is 11.8. The lowest BCUT2D eigenvalue weighted by Gasteiger charge is -2.06. The zero-order valence-electron chi connectivity index (χ0n) is 11.8. The summed E-state index contributed by atoms with van der Waals surface area (Å²) < 4.78 is 26.1. The number of ketones is 1. The normalized spacial score (nSPS) is 11.5. The van der Waals surface area contributed by atoms with Gasteiger partial charge < -0.3 is 10.1 Å². The first kappa shape index (κ1) is 16.2. The van der Waals surface area contributed by atoms with Gasteiger partial charge in [0.15, 0.2) is 0 Å². The van der Waals surface area contributed by atoms with Crippen LogP contribution >= 0.6 is 0 Å². The van der Waals surface area contributed by atoms with Crippen molar-refractivity contribution in [3.05, 3.63) is 48.0 Å². The quantitative estimate of drug-likeness (QED) is 0.663. The molecule has 8 heteroatoms. The molecule has 0 bridgehead atoms. The van der Waals surface area contributed by atoms with Crippen molar-refractivity contribution in [2.75, 3.05) is 5.75 Å². The molecule has 1 heterocycles. The largest absolute Gasteiger partial charge is 0.508 e. The highest BCUT2D eigenvalue weighted by molar-refractivity contribution is 7.90. The van der Waals surface area contributed by atoms with Crippen molar-refractivity contribution in [3.8, 4) is 5.75 Å². The van der Waals surface area contributed by atoms with E-state index in [1.54, 1.807) is 18.3 Å². The van der Waals surface area contributed by atoms with Crippen LogP contribution in [0.5, 0.6) is 5.75 Å². The smallest absolute Gasteiger partial charge is 0.219 e. The fraction of sp³-hybridized carbons (Fsp3) is 0.286. The molecule has 118 valence electrons. The number of phenols is 1. The number of sulfonamides is 1. The Balaban J connectivity index is 1.79. The number of carbonyl (C=O) groups is 1. The highest BCUT2D eigenvalue weighted by atomic mass is 32.2. The molecule has 0 radical (unpaired) electrons. The molecule has 2 aromatic rings. The third-order valence-corrected chi connectivity index (χ3v) is 4.30. The van der Waals surface area contributed by atoms with Crippen LogP contribution in [0.25, 0.3) is 0 Å². The molecule has 22 heavy (non-hydrogen) atoms. The zero-order valence-corrected chi connectivity index (χ0v) is 12.6. The van der Waals surface area contributed by atoms with E-state index in [9.17, 15) is 13.2 Å². The first-order chi connectivity index (χ1) is 10.4. The van der Waals surface area contributed by atoms with Crippen molar-refractivity contribution in [2.24, 2.45) is 0 Å². The number of aromatic amines is 1. The van der Waals surface area contributed by atoms with Crippen LogP contribution < -0.4 is 4.72 Å². The number of aryl methyl sites for hydroxylation is 1. The Labute approximate surface area is 128 Å². The number of phenolic OH excluding ortho intramolecular Hbond substituents is 1. The van der Waals surface area contributed by atoms with Crippen LogP contribution in [-0.2, 0) is 27.8 Å². The first-order valence-corrected chi connectivity index (χ1v) is 8.34. The second-order valence-corrected chi connectivity index (χ2v) is 6.67. The SMILES string of the molecule is O=C(CCc1cnc[nH]1)CS(=O)(=O)NCc1ccc(O)cc1. The van der Waals surface area contributed by atoms with Crippen LogP contribution in [0, 0.1) is 0 Å². The Morgan fingerprint density at radius 1 is 1.27 bits per heavy atom. The Hall–Kier alpha value is -2.19. The van der Waals surface area contributed by atoms with E-state index in [1.807, 2.05) is 0 Å². The van der Waals surface area contributed by atoms with Crippen LogP contribution in [-0.4, -0.2) is 35.0 Å². The second kappa shape index (κ2) is 7.19. The summed E-state index contributed by atoms with van der Waals surface area (Å²) in [6.07, 6.45) is 3.69. The molecule has 3 N–H and O–H groups in total. The number of carbonyl (C=O) groups excluding carboxylic acids is 1. The monoisotopic (exact) mass is 323 g/mol. The Kier molecular flexibility index (Phi) is 5.29. The number of nitrogens with one attached hydrogen (secondary N) is 2. The van der Waals surface area contributed by atoms with Gasteiger partial charge in [0.1, 0.15) is 17.3 Å². The van der Waals surface area contributed by atoms with Crippen LogP contribution in [0.2, 0.25) is 0 Å². The molecule has 0 amide bonds. The topological polar surface area (TPSA) is 112 Å². The number of benzene rings is 1. The van der Waals surface area contributed by atoms with Crippen LogP contribution in [0.15, 0.2) is 36.8 Å². The van der Waals surface area contributed by atoms with Gasteiger partial charge in [-0.25, -0.2) is 18.1 Å². The van der Waals surface area contributed by atoms with Crippen molar-refractivity contribution >= 4 is 15.8 Å². The Bertz CT molecular complexity index is 709. The summed E-state index contributed by atoms with van der Waals surface area (Å²) in [5.74, 6) is -0.785. The predicted molar refractivity (Wildman–Crippen MR) is 80.6 cm³/mol. The summed E-state index contributed by atoms with van der Waals surface area (Å²) in [6.45, 7) is 0.0798. The fourth-order valence-corrected chi connectivity index (χ4v) is 2.89. The van der Waals surface area contributed by atoms with E-state index in [-0.39, 0.29) is 24.5 Å². The van der Waals surface area contributed by atoms with Crippen molar-refractivity contribution in [1.82, 2.24) is 14.7 Å². The molecule has 0 atom stereocenters. The molecule has 0 saturated carbocycles. The maximum absolute atomic E-state index is 11.8. The Morgan fingerprint density at radius 2 is 2.00 bits per heavy atom. The van der Waals surface area contributed by atoms with Crippen molar-refractivity contribution in [2.45, 2.75) is 19.4 Å². The number of hydrogen-bond acceptors (Lipinski definition) is 5. The minimum Gasteiger partial charge on any atom is -0.508 e. The van der Waals surface area contributed by atoms with E-state index in [0.717, 1.165) is 5.69 Å². The number of aromatic nitrogens is 2. The van der Waals surface area contributed by atoms with Gasteiger partial charge in [0, 0.05) is 24.9 Å². The third kappa shape index (κ3) is 5.30. The number of aromatic hydroxyl groups is 1. The van der Waals surface area contributed by atoms with Gasteiger partial charge in [-0.3, -0.25) is 4.79 Å². The number of rotatable bonds is 8. The van der Waals surface area contributed by atoms with E-state index in [4.69, 9.17) is 5.11 Å². The van der Waals surface area contributed by atoms with Crippen molar-refractivity contribution < 1.29 is 18.3 Å². The number of H-pyrrole nitrogens is 1. The molecule has 2 rings (SSSR count). The molecule has 1 aromatic heterocycles. The number of imidazole rings is 1. The molecule has 0 saturated heterocycles. The van der Waals surface area contributed by atoms with E-state index in [2.05, 4.69) is 14.7 Å². The van der Waals surface area contributed by atoms with Gasteiger partial charge in [-0.15, -0.1) is 0 Å². The standard InChI is InChI=1S/C14H17N3O4S/c18-13-4-1-11(2-5-13)7-17-22(20,21)9-14(19)6-3-12-8-15-10-16-12/h1-2,4-5,8,10,17-18H,3,6-7,9H2,(H,15,16). The Morgan fingerprint density at radius 3 is 2.64 bits per heavy atom. The van der Waals surface area contributed by atoms with E-state index >= 15 is 0 Å². The van der Waals surface area contributed by atoms with Gasteiger partial charge >= 0.3 is 0 Å². The molecule has 0 fully saturated rings. The molecule has 7 nitrogen and oxygen atoms in total. The van der Waals surface area contributed by atoms with Gasteiger partial charge in [0.2, 0.25) is 10.0 Å². The molecule has 1 aromatic carbocycles. The predicted octanol–water partition coefficient (Wildman–Crippen LogP) is 0.737. The third-order valence-electron chi connectivity index (χ3n) is 3.01. The van der Waals surface area contributed by atoms with Crippen LogP contribution in [0.3, 0.4) is 0 Å². The molecular formula is C14H17N3O4S. The summed E-state index contributed by atoms with van der Waals surface area (Å²) in [5.41, 5.74) is 1.49. The number of hydrogen-bond donors (Lipinski definition) is 3. The maximum Gasteiger partial charge on any atom is 0.219 e. The fourth-order valence-electron chi connectivity index (χ4n) is 1.84. The molecular weight excluding hydrogens is 306 g/mol. The summed E-state index contributed by atoms with van der Waals surface area (Å²) in [4.78, 5) is 18.4. The van der Waals surface area contributed by atoms with Crippen LogP contribution in [0.1, 0.15) is 17.7 Å². The average molecular weight is 323 g/mol. The summed E-state index contributed by atoms with van der Waals surface area (Å²) in [5, 5.41) is 9.15. The zero-order chi connectivity index (χ0) is 16.0. The van der Waals surface area contributed by atoms with E-state index in [1.165, 1.54) is 18.5 Å². The summed E-state index contributed by atoms with van der Waals surface area (Å²) in [6, 6.07) is 6.16. The highest BCUT2D eigenvalue weighted by Gasteiger charge is 2.16. The minimum atomic E-state index is -3.67. The summed E-state index contributed by atoms with van der Waals surface area (Å²) >= 11 is 0. The molecule has 0 spiro atoms. The van der Waals surface area contributed by atoms with Crippen molar-refractivity contribution in [3.63, 3.8) is 0 Å². The first-order valence-electron chi connectivity index (χ1n) is 6.69. The molecule has 0 aliphatic heterocycles. The molecule has 0 aliphatic rings. The van der Waals surface area contributed by atoms with E-state index in [0.29, 0.717) is 12.0 Å². The van der Waals surface area contributed by atoms with Gasteiger partial charge in [0.05, 0.1) is 6.33 Å². The van der Waals surface area contributed by atoms with Gasteiger partial charge in [0.25, 0.3) is 0 Å². The lowest BCUT2D eigenvalue weighted by molar-refractivity contribution is -0.116. The number of nitrogens with zero attached hydrogens (tertiary/aromatic N) is 1. The molecule has 0 unspecified atom stereocenters. The second-order valence-electron chi connectivity index (χ2n) is 4.86. The van der Waals surface area contributed by atoms with E-state index < -0.39 is 15.8 Å². The van der Waals surface area contributed by atoms with Gasteiger partial charge in [-0.1, -0.05) is 12.1 Å². The van der Waals surface area contributed by atoms with Crippen molar-refractivity contribution in [1.29, 1.82) is 0 Å². The number of Topliss-reactive ketones (excluding diaryl/α,β-unsaturated/α-hetero) is 1.